The third kappa shape index (κ3) is 3.19. The van der Waals surface area contributed by atoms with Crippen molar-refractivity contribution >= 4 is 17.3 Å². The molecule has 1 aromatic rings. The second kappa shape index (κ2) is 5.66. The normalized spacial score (nSPS) is 18.2. The number of anilines is 1. The molecule has 7 heteroatoms. The van der Waals surface area contributed by atoms with E-state index in [0.29, 0.717) is 13.2 Å². The maximum atomic E-state index is 10.9. The molecule has 1 aliphatic heterocycles. The maximum absolute atomic E-state index is 10.9. The fraction of sp³-hybridized carbons (Fsp3) is 0.417. The molecule has 0 unspecified atom stereocenters. The first kappa shape index (κ1) is 13.3. The maximum Gasteiger partial charge on any atom is 0.335 e. The molecule has 0 amide bonds. The van der Waals surface area contributed by atoms with E-state index in [1.807, 2.05) is 0 Å². The number of nitrogens with zero attached hydrogens (tertiary/aromatic N) is 1. The van der Waals surface area contributed by atoms with Crippen molar-refractivity contribution in [1.82, 2.24) is 0 Å². The van der Waals surface area contributed by atoms with E-state index in [0.717, 1.165) is 12.8 Å². The Kier molecular flexibility index (Phi) is 3.96. The molecule has 1 saturated heterocycles. The average molecular weight is 266 g/mol. The van der Waals surface area contributed by atoms with Gasteiger partial charge in [-0.2, -0.15) is 0 Å². The smallest absolute Gasteiger partial charge is 0.335 e. The Labute approximate surface area is 109 Å². The van der Waals surface area contributed by atoms with E-state index < -0.39 is 10.9 Å². The number of hydrogen-bond donors (Lipinski definition) is 2. The van der Waals surface area contributed by atoms with Crippen molar-refractivity contribution in [1.29, 1.82) is 0 Å². The first-order chi connectivity index (χ1) is 9.08. The minimum absolute atomic E-state index is 0.0143. The number of nitro groups is 1. The van der Waals surface area contributed by atoms with Crippen molar-refractivity contribution in [2.45, 2.75) is 18.9 Å². The number of benzene rings is 1. The fourth-order valence-electron chi connectivity index (χ4n) is 2.00. The molecule has 0 radical (unpaired) electrons. The van der Waals surface area contributed by atoms with Gasteiger partial charge in [-0.25, -0.2) is 4.79 Å². The number of carboxylic acids is 1. The molecule has 0 aromatic heterocycles. The van der Waals surface area contributed by atoms with Crippen molar-refractivity contribution in [3.63, 3.8) is 0 Å². The monoisotopic (exact) mass is 266 g/mol. The summed E-state index contributed by atoms with van der Waals surface area (Å²) in [4.78, 5) is 21.2. The summed E-state index contributed by atoms with van der Waals surface area (Å²) in [5.74, 6) is -1.12. The van der Waals surface area contributed by atoms with Crippen LogP contribution in [0.25, 0.3) is 0 Å². The zero-order valence-corrected chi connectivity index (χ0v) is 10.2. The third-order valence-electron chi connectivity index (χ3n) is 2.98. The van der Waals surface area contributed by atoms with Gasteiger partial charge in [0.2, 0.25) is 0 Å². The van der Waals surface area contributed by atoms with Crippen molar-refractivity contribution in [3.05, 3.63) is 33.9 Å². The van der Waals surface area contributed by atoms with Gasteiger partial charge in [0, 0.05) is 19.2 Å². The lowest BCUT2D eigenvalue weighted by atomic mass is 10.1. The van der Waals surface area contributed by atoms with Gasteiger partial charge in [0.15, 0.2) is 0 Å². The summed E-state index contributed by atoms with van der Waals surface area (Å²) in [6.45, 7) is 1.13. The van der Waals surface area contributed by atoms with Gasteiger partial charge < -0.3 is 15.2 Å². The Hall–Kier alpha value is -2.15. The Morgan fingerprint density at radius 1 is 1.58 bits per heavy atom. The standard InChI is InChI=1S/C12H14N2O5/c15-12(16)8-3-4-11(14(17)18)10(6-8)13-7-9-2-1-5-19-9/h3-4,6,9,13H,1-2,5,7H2,(H,15,16)/t9-/m0/s1. The highest BCUT2D eigenvalue weighted by molar-refractivity contribution is 5.90. The number of aromatic carboxylic acids is 1. The Morgan fingerprint density at radius 3 is 2.95 bits per heavy atom. The summed E-state index contributed by atoms with van der Waals surface area (Å²) in [5.41, 5.74) is 0.0869. The van der Waals surface area contributed by atoms with Crippen LogP contribution in [-0.2, 0) is 4.74 Å². The van der Waals surface area contributed by atoms with E-state index >= 15 is 0 Å². The molecule has 1 heterocycles. The van der Waals surface area contributed by atoms with Crippen LogP contribution in [0.1, 0.15) is 23.2 Å². The van der Waals surface area contributed by atoms with Crippen LogP contribution in [0.2, 0.25) is 0 Å². The number of rotatable bonds is 5. The number of carbonyl (C=O) groups is 1. The molecule has 1 fully saturated rings. The van der Waals surface area contributed by atoms with Gasteiger partial charge in [-0.1, -0.05) is 0 Å². The average Bonchev–Trinajstić information content (AvgIpc) is 2.88. The molecule has 0 saturated carbocycles. The summed E-state index contributed by atoms with van der Waals surface area (Å²) >= 11 is 0. The molecule has 1 atom stereocenters. The van der Waals surface area contributed by atoms with Crippen LogP contribution in [0.5, 0.6) is 0 Å². The first-order valence-electron chi connectivity index (χ1n) is 5.95. The summed E-state index contributed by atoms with van der Waals surface area (Å²) in [6, 6.07) is 3.69. The SMILES string of the molecule is O=C(O)c1ccc([N+](=O)[O-])c(NC[C@@H]2CCCO2)c1. The molecule has 0 aliphatic carbocycles. The minimum Gasteiger partial charge on any atom is -0.478 e. The predicted molar refractivity (Wildman–Crippen MR) is 67.5 cm³/mol. The van der Waals surface area contributed by atoms with Gasteiger partial charge in [-0.15, -0.1) is 0 Å². The number of nitro benzene ring substituents is 1. The molecule has 19 heavy (non-hydrogen) atoms. The Morgan fingerprint density at radius 2 is 2.37 bits per heavy atom. The molecule has 0 spiro atoms. The molecular formula is C12H14N2O5. The minimum atomic E-state index is -1.12. The second-order valence-electron chi connectivity index (χ2n) is 4.31. The lowest BCUT2D eigenvalue weighted by Crippen LogP contribution is -2.19. The van der Waals surface area contributed by atoms with Crippen molar-refractivity contribution < 1.29 is 19.6 Å². The van der Waals surface area contributed by atoms with Crippen LogP contribution < -0.4 is 5.32 Å². The van der Waals surface area contributed by atoms with Crippen LogP contribution in [0.3, 0.4) is 0 Å². The van der Waals surface area contributed by atoms with Crippen LogP contribution in [0.4, 0.5) is 11.4 Å². The van der Waals surface area contributed by atoms with Gasteiger partial charge >= 0.3 is 5.97 Å². The molecule has 0 bridgehead atoms. The zero-order chi connectivity index (χ0) is 13.8. The Balaban J connectivity index is 2.16. The highest BCUT2D eigenvalue weighted by Gasteiger charge is 2.19. The van der Waals surface area contributed by atoms with Crippen LogP contribution in [-0.4, -0.2) is 35.3 Å². The van der Waals surface area contributed by atoms with E-state index in [2.05, 4.69) is 5.32 Å². The molecular weight excluding hydrogens is 252 g/mol. The number of hydrogen-bond acceptors (Lipinski definition) is 5. The third-order valence-corrected chi connectivity index (χ3v) is 2.98. The van der Waals surface area contributed by atoms with Gasteiger partial charge in [-0.05, 0) is 25.0 Å². The zero-order valence-electron chi connectivity index (χ0n) is 10.2. The van der Waals surface area contributed by atoms with Crippen LogP contribution in [0, 0.1) is 10.1 Å². The van der Waals surface area contributed by atoms with E-state index in [1.165, 1.54) is 18.2 Å². The van der Waals surface area contributed by atoms with E-state index in [9.17, 15) is 14.9 Å². The summed E-state index contributed by atoms with van der Waals surface area (Å²) in [6.07, 6.45) is 1.90. The van der Waals surface area contributed by atoms with Gasteiger partial charge in [0.25, 0.3) is 5.69 Å². The fourth-order valence-corrected chi connectivity index (χ4v) is 2.00. The summed E-state index contributed by atoms with van der Waals surface area (Å²) in [5, 5.41) is 22.7. The second-order valence-corrected chi connectivity index (χ2v) is 4.31. The summed E-state index contributed by atoms with van der Waals surface area (Å²) < 4.78 is 5.40. The molecule has 1 aliphatic rings. The van der Waals surface area contributed by atoms with E-state index in [-0.39, 0.29) is 23.0 Å². The van der Waals surface area contributed by atoms with E-state index in [1.54, 1.807) is 0 Å². The van der Waals surface area contributed by atoms with Crippen molar-refractivity contribution in [3.8, 4) is 0 Å². The van der Waals surface area contributed by atoms with Crippen LogP contribution in [0.15, 0.2) is 18.2 Å². The van der Waals surface area contributed by atoms with Crippen LogP contribution >= 0.6 is 0 Å². The van der Waals surface area contributed by atoms with Gasteiger partial charge in [0.05, 0.1) is 16.6 Å². The number of carboxylic acid groups (broad SMARTS) is 1. The topological polar surface area (TPSA) is 102 Å². The molecule has 102 valence electrons. The number of nitrogens with one attached hydrogen (secondary N) is 1. The largest absolute Gasteiger partial charge is 0.478 e. The first-order valence-corrected chi connectivity index (χ1v) is 5.95. The highest BCUT2D eigenvalue weighted by atomic mass is 16.6. The Bertz CT molecular complexity index is 497. The van der Waals surface area contributed by atoms with Gasteiger partial charge in [0.1, 0.15) is 5.69 Å². The van der Waals surface area contributed by atoms with Crippen molar-refractivity contribution in [2.75, 3.05) is 18.5 Å². The van der Waals surface area contributed by atoms with Crippen molar-refractivity contribution in [2.24, 2.45) is 0 Å². The quantitative estimate of drug-likeness (QED) is 0.623. The van der Waals surface area contributed by atoms with E-state index in [4.69, 9.17) is 9.84 Å². The molecule has 1 aromatic carbocycles. The lowest BCUT2D eigenvalue weighted by molar-refractivity contribution is -0.384. The number of ether oxygens (including phenoxy) is 1. The van der Waals surface area contributed by atoms with Gasteiger partial charge in [-0.3, -0.25) is 10.1 Å². The highest BCUT2D eigenvalue weighted by Crippen LogP contribution is 2.26. The lowest BCUT2D eigenvalue weighted by Gasteiger charge is -2.12. The molecule has 2 N–H and O–H groups in total. The molecule has 7 nitrogen and oxygen atoms in total. The summed E-state index contributed by atoms with van der Waals surface area (Å²) in [7, 11) is 0. The predicted octanol–water partition coefficient (Wildman–Crippen LogP) is 1.88. The molecule has 2 rings (SSSR count).